The van der Waals surface area contributed by atoms with Crippen LogP contribution < -0.4 is 5.73 Å². The lowest BCUT2D eigenvalue weighted by Gasteiger charge is -2.13. The zero-order valence-corrected chi connectivity index (χ0v) is 9.17. The van der Waals surface area contributed by atoms with Gasteiger partial charge in [0.1, 0.15) is 5.82 Å². The molecule has 1 rings (SSSR count). The largest absolute Gasteiger partial charge is 0.324 e. The third-order valence-electron chi connectivity index (χ3n) is 2.54. The van der Waals surface area contributed by atoms with Gasteiger partial charge in [-0.2, -0.15) is 0 Å². The number of benzene rings is 1. The Hall–Kier alpha value is -1.15. The Balaban J connectivity index is 2.68. The van der Waals surface area contributed by atoms with Crippen molar-refractivity contribution in [3.63, 3.8) is 0 Å². The summed E-state index contributed by atoms with van der Waals surface area (Å²) in [5, 5.41) is 0. The molecule has 1 atom stereocenters. The average molecular weight is 207 g/mol. The first-order valence-corrected chi connectivity index (χ1v) is 5.28. The van der Waals surface area contributed by atoms with Crippen molar-refractivity contribution in [1.82, 2.24) is 0 Å². The monoisotopic (exact) mass is 207 g/mol. The van der Waals surface area contributed by atoms with E-state index in [1.165, 1.54) is 0 Å². The summed E-state index contributed by atoms with van der Waals surface area (Å²) < 4.78 is 13.7. The molecule has 1 aromatic rings. The summed E-state index contributed by atoms with van der Waals surface area (Å²) in [7, 11) is 0. The van der Waals surface area contributed by atoms with Gasteiger partial charge in [0.05, 0.1) is 0 Å². The SMILES string of the molecule is C=CCCCC(N)c1cccc(C)c1F. The van der Waals surface area contributed by atoms with Gasteiger partial charge >= 0.3 is 0 Å². The van der Waals surface area contributed by atoms with E-state index >= 15 is 0 Å². The lowest BCUT2D eigenvalue weighted by Crippen LogP contribution is -2.12. The quantitative estimate of drug-likeness (QED) is 0.580. The zero-order valence-electron chi connectivity index (χ0n) is 9.17. The van der Waals surface area contributed by atoms with Crippen molar-refractivity contribution in [2.45, 2.75) is 32.2 Å². The predicted molar refractivity (Wildman–Crippen MR) is 62.1 cm³/mol. The van der Waals surface area contributed by atoms with Crippen molar-refractivity contribution in [3.8, 4) is 0 Å². The summed E-state index contributed by atoms with van der Waals surface area (Å²) in [5.41, 5.74) is 7.21. The zero-order chi connectivity index (χ0) is 11.3. The second-order valence-electron chi connectivity index (χ2n) is 3.80. The van der Waals surface area contributed by atoms with Crippen LogP contribution >= 0.6 is 0 Å². The molecule has 15 heavy (non-hydrogen) atoms. The number of hydrogen-bond donors (Lipinski definition) is 1. The molecule has 0 aliphatic rings. The Morgan fingerprint density at radius 2 is 2.27 bits per heavy atom. The fourth-order valence-electron chi connectivity index (χ4n) is 1.59. The predicted octanol–water partition coefficient (Wildman–Crippen LogP) is 3.49. The van der Waals surface area contributed by atoms with E-state index in [0.29, 0.717) is 11.1 Å². The topological polar surface area (TPSA) is 26.0 Å². The number of hydrogen-bond acceptors (Lipinski definition) is 1. The van der Waals surface area contributed by atoms with E-state index in [0.717, 1.165) is 19.3 Å². The molecule has 0 aliphatic carbocycles. The molecular formula is C13H18FN. The molecule has 1 unspecified atom stereocenters. The van der Waals surface area contributed by atoms with Crippen LogP contribution in [-0.2, 0) is 0 Å². The highest BCUT2D eigenvalue weighted by atomic mass is 19.1. The first-order chi connectivity index (χ1) is 7.16. The normalized spacial score (nSPS) is 12.5. The Morgan fingerprint density at radius 1 is 1.53 bits per heavy atom. The summed E-state index contributed by atoms with van der Waals surface area (Å²) in [6.45, 7) is 5.41. The van der Waals surface area contributed by atoms with Crippen LogP contribution in [0.15, 0.2) is 30.9 Å². The number of aryl methyl sites for hydroxylation is 1. The van der Waals surface area contributed by atoms with Gasteiger partial charge in [-0.25, -0.2) is 4.39 Å². The minimum absolute atomic E-state index is 0.163. The van der Waals surface area contributed by atoms with Crippen LogP contribution in [0.3, 0.4) is 0 Å². The summed E-state index contributed by atoms with van der Waals surface area (Å²) in [6, 6.07) is 5.17. The van der Waals surface area contributed by atoms with Crippen molar-refractivity contribution >= 4 is 0 Å². The van der Waals surface area contributed by atoms with Crippen LogP contribution in [0, 0.1) is 12.7 Å². The van der Waals surface area contributed by atoms with Crippen molar-refractivity contribution in [3.05, 3.63) is 47.8 Å². The van der Waals surface area contributed by atoms with Crippen LogP contribution in [-0.4, -0.2) is 0 Å². The van der Waals surface area contributed by atoms with Crippen molar-refractivity contribution < 1.29 is 4.39 Å². The van der Waals surface area contributed by atoms with Crippen LogP contribution in [0.5, 0.6) is 0 Å². The second-order valence-corrected chi connectivity index (χ2v) is 3.80. The number of nitrogens with two attached hydrogens (primary N) is 1. The van der Waals surface area contributed by atoms with Gasteiger partial charge in [0, 0.05) is 11.6 Å². The molecule has 0 aromatic heterocycles. The van der Waals surface area contributed by atoms with Gasteiger partial charge in [-0.3, -0.25) is 0 Å². The number of allylic oxidation sites excluding steroid dienone is 1. The van der Waals surface area contributed by atoms with Gasteiger partial charge in [-0.05, 0) is 31.7 Å². The van der Waals surface area contributed by atoms with Gasteiger partial charge in [-0.15, -0.1) is 6.58 Å². The molecule has 0 bridgehead atoms. The summed E-state index contributed by atoms with van der Waals surface area (Å²) >= 11 is 0. The van der Waals surface area contributed by atoms with Crippen LogP contribution in [0.2, 0.25) is 0 Å². The highest BCUT2D eigenvalue weighted by Crippen LogP contribution is 2.21. The summed E-state index contributed by atoms with van der Waals surface area (Å²) in [4.78, 5) is 0. The Kier molecular flexibility index (Phi) is 4.50. The number of rotatable bonds is 5. The fraction of sp³-hybridized carbons (Fsp3) is 0.385. The molecule has 0 fully saturated rings. The van der Waals surface area contributed by atoms with E-state index in [-0.39, 0.29) is 11.9 Å². The van der Waals surface area contributed by atoms with Crippen molar-refractivity contribution in [2.75, 3.05) is 0 Å². The second kappa shape index (κ2) is 5.66. The molecule has 0 saturated carbocycles. The van der Waals surface area contributed by atoms with E-state index in [9.17, 15) is 4.39 Å². The molecule has 2 heteroatoms. The van der Waals surface area contributed by atoms with Crippen LogP contribution in [0.4, 0.5) is 4.39 Å². The third-order valence-corrected chi connectivity index (χ3v) is 2.54. The highest BCUT2D eigenvalue weighted by molar-refractivity contribution is 5.27. The van der Waals surface area contributed by atoms with Crippen molar-refractivity contribution in [1.29, 1.82) is 0 Å². The molecule has 82 valence electrons. The van der Waals surface area contributed by atoms with Gasteiger partial charge in [0.15, 0.2) is 0 Å². The standard InChI is InChI=1S/C13H18FN/c1-3-4-5-9-12(15)11-8-6-7-10(2)13(11)14/h3,6-8,12H,1,4-5,9,15H2,2H3. The number of halogens is 1. The lowest BCUT2D eigenvalue weighted by molar-refractivity contribution is 0.548. The van der Waals surface area contributed by atoms with E-state index < -0.39 is 0 Å². The fourth-order valence-corrected chi connectivity index (χ4v) is 1.59. The third kappa shape index (κ3) is 3.17. The van der Waals surface area contributed by atoms with Gasteiger partial charge < -0.3 is 5.73 Å². The molecule has 0 aliphatic heterocycles. The van der Waals surface area contributed by atoms with Crippen LogP contribution in [0.1, 0.15) is 36.4 Å². The lowest BCUT2D eigenvalue weighted by atomic mass is 9.99. The maximum Gasteiger partial charge on any atom is 0.130 e. The Labute approximate surface area is 90.8 Å². The van der Waals surface area contributed by atoms with Crippen molar-refractivity contribution in [2.24, 2.45) is 5.73 Å². The Bertz CT molecular complexity index is 333. The minimum Gasteiger partial charge on any atom is -0.324 e. The average Bonchev–Trinajstić information content (AvgIpc) is 2.22. The summed E-state index contributed by atoms with van der Waals surface area (Å²) in [5.74, 6) is -0.163. The molecule has 1 nitrogen and oxygen atoms in total. The minimum atomic E-state index is -0.204. The molecular weight excluding hydrogens is 189 g/mol. The molecule has 2 N–H and O–H groups in total. The molecule has 0 heterocycles. The number of unbranched alkanes of at least 4 members (excludes halogenated alkanes) is 1. The maximum absolute atomic E-state index is 13.7. The Morgan fingerprint density at radius 3 is 2.93 bits per heavy atom. The molecule has 0 spiro atoms. The van der Waals surface area contributed by atoms with Gasteiger partial charge in [-0.1, -0.05) is 24.3 Å². The molecule has 1 aromatic carbocycles. The first kappa shape index (κ1) is 11.9. The van der Waals surface area contributed by atoms with E-state index in [1.807, 2.05) is 12.1 Å². The van der Waals surface area contributed by atoms with Gasteiger partial charge in [0.25, 0.3) is 0 Å². The molecule has 0 radical (unpaired) electrons. The smallest absolute Gasteiger partial charge is 0.130 e. The highest BCUT2D eigenvalue weighted by Gasteiger charge is 2.11. The van der Waals surface area contributed by atoms with Crippen LogP contribution in [0.25, 0.3) is 0 Å². The van der Waals surface area contributed by atoms with E-state index in [4.69, 9.17) is 5.73 Å². The molecule has 0 amide bonds. The summed E-state index contributed by atoms with van der Waals surface area (Å²) in [6.07, 6.45) is 4.55. The van der Waals surface area contributed by atoms with E-state index in [2.05, 4.69) is 6.58 Å². The van der Waals surface area contributed by atoms with E-state index in [1.54, 1.807) is 19.1 Å². The van der Waals surface area contributed by atoms with Gasteiger partial charge in [0.2, 0.25) is 0 Å². The maximum atomic E-state index is 13.7. The molecule has 0 saturated heterocycles. The first-order valence-electron chi connectivity index (χ1n) is 5.28.